The highest BCUT2D eigenvalue weighted by molar-refractivity contribution is 5.99. The van der Waals surface area contributed by atoms with Crippen LogP contribution in [0.1, 0.15) is 5.56 Å². The minimum absolute atomic E-state index is 0.316. The minimum Gasteiger partial charge on any atom is -0.383 e. The number of hydrogen-bond donors (Lipinski definition) is 3. The molecule has 1 aromatic heterocycles. The van der Waals surface area contributed by atoms with Gasteiger partial charge in [0.1, 0.15) is 5.82 Å². The largest absolute Gasteiger partial charge is 0.383 e. The van der Waals surface area contributed by atoms with Gasteiger partial charge in [0.15, 0.2) is 0 Å². The third-order valence-electron chi connectivity index (χ3n) is 3.62. The first-order valence-electron chi connectivity index (χ1n) is 8.16. The number of benzene rings is 2. The number of rotatable bonds is 6. The standard InChI is InChI=1S/C20H20N4O/c25-20(23-17-9-5-2-6-10-17)24-19-12-11-18(15-22-19)21-14-13-16-7-3-1-4-8-16/h1-12,15,21H,13-14H2,(H2,22,23,24,25). The fourth-order valence-corrected chi connectivity index (χ4v) is 2.37. The van der Waals surface area contributed by atoms with Crippen LogP contribution in [-0.2, 0) is 6.42 Å². The van der Waals surface area contributed by atoms with Crippen molar-refractivity contribution >= 4 is 23.2 Å². The van der Waals surface area contributed by atoms with Crippen molar-refractivity contribution in [1.82, 2.24) is 4.98 Å². The van der Waals surface area contributed by atoms with E-state index in [1.165, 1.54) is 5.56 Å². The quantitative estimate of drug-likeness (QED) is 0.627. The molecular formula is C20H20N4O. The molecule has 2 aromatic carbocycles. The molecule has 5 nitrogen and oxygen atoms in total. The second-order valence-electron chi connectivity index (χ2n) is 5.54. The number of hydrogen-bond acceptors (Lipinski definition) is 3. The maximum atomic E-state index is 11.9. The van der Waals surface area contributed by atoms with E-state index >= 15 is 0 Å². The Hall–Kier alpha value is -3.34. The molecule has 0 spiro atoms. The van der Waals surface area contributed by atoms with Crippen LogP contribution in [0, 0.1) is 0 Å². The number of nitrogens with one attached hydrogen (secondary N) is 3. The minimum atomic E-state index is -0.316. The zero-order chi connectivity index (χ0) is 17.3. The zero-order valence-corrected chi connectivity index (χ0v) is 13.8. The lowest BCUT2D eigenvalue weighted by Gasteiger charge is -2.09. The monoisotopic (exact) mass is 332 g/mol. The SMILES string of the molecule is O=C(Nc1ccccc1)Nc1ccc(NCCc2ccccc2)cn1. The number of amides is 2. The third-order valence-corrected chi connectivity index (χ3v) is 3.62. The maximum absolute atomic E-state index is 11.9. The Morgan fingerprint density at radius 1 is 0.800 bits per heavy atom. The van der Waals surface area contributed by atoms with Gasteiger partial charge in [-0.05, 0) is 36.2 Å². The predicted molar refractivity (Wildman–Crippen MR) is 102 cm³/mol. The molecule has 0 saturated heterocycles. The van der Waals surface area contributed by atoms with Gasteiger partial charge in [0.2, 0.25) is 0 Å². The molecular weight excluding hydrogens is 312 g/mol. The van der Waals surface area contributed by atoms with Gasteiger partial charge in [-0.1, -0.05) is 48.5 Å². The highest BCUT2D eigenvalue weighted by Crippen LogP contribution is 2.11. The Morgan fingerprint density at radius 2 is 1.52 bits per heavy atom. The van der Waals surface area contributed by atoms with Crippen molar-refractivity contribution in [2.24, 2.45) is 0 Å². The molecule has 2 amide bonds. The van der Waals surface area contributed by atoms with Gasteiger partial charge >= 0.3 is 6.03 Å². The van der Waals surface area contributed by atoms with Gasteiger partial charge in [0.05, 0.1) is 11.9 Å². The van der Waals surface area contributed by atoms with E-state index in [4.69, 9.17) is 0 Å². The lowest BCUT2D eigenvalue weighted by atomic mass is 10.1. The van der Waals surface area contributed by atoms with Gasteiger partial charge < -0.3 is 10.6 Å². The highest BCUT2D eigenvalue weighted by atomic mass is 16.2. The summed E-state index contributed by atoms with van der Waals surface area (Å²) in [5, 5.41) is 8.79. The smallest absolute Gasteiger partial charge is 0.324 e. The number of para-hydroxylation sites is 1. The van der Waals surface area contributed by atoms with Crippen LogP contribution in [0.3, 0.4) is 0 Å². The molecule has 126 valence electrons. The van der Waals surface area contributed by atoms with E-state index in [0.717, 1.165) is 24.3 Å². The zero-order valence-electron chi connectivity index (χ0n) is 13.8. The van der Waals surface area contributed by atoms with Crippen molar-refractivity contribution < 1.29 is 4.79 Å². The molecule has 0 aliphatic rings. The topological polar surface area (TPSA) is 66.1 Å². The van der Waals surface area contributed by atoms with Crippen LogP contribution in [-0.4, -0.2) is 17.6 Å². The molecule has 3 N–H and O–H groups in total. The van der Waals surface area contributed by atoms with Crippen LogP contribution in [0.4, 0.5) is 22.0 Å². The van der Waals surface area contributed by atoms with E-state index in [1.54, 1.807) is 12.3 Å². The van der Waals surface area contributed by atoms with Crippen LogP contribution in [0.5, 0.6) is 0 Å². The summed E-state index contributed by atoms with van der Waals surface area (Å²) in [5.74, 6) is 0.502. The van der Waals surface area contributed by atoms with E-state index in [2.05, 4.69) is 33.1 Å². The van der Waals surface area contributed by atoms with Crippen LogP contribution in [0.25, 0.3) is 0 Å². The summed E-state index contributed by atoms with van der Waals surface area (Å²) in [6.07, 6.45) is 2.66. The molecule has 0 saturated carbocycles. The second-order valence-corrected chi connectivity index (χ2v) is 5.54. The van der Waals surface area contributed by atoms with Crippen LogP contribution < -0.4 is 16.0 Å². The Labute approximate surface area is 147 Å². The number of carbonyl (C=O) groups excluding carboxylic acids is 1. The predicted octanol–water partition coefficient (Wildman–Crippen LogP) is 4.38. The second kappa shape index (κ2) is 8.49. The van der Waals surface area contributed by atoms with Crippen LogP contribution in [0.15, 0.2) is 79.0 Å². The lowest BCUT2D eigenvalue weighted by Crippen LogP contribution is -2.20. The van der Waals surface area contributed by atoms with Crippen molar-refractivity contribution in [3.05, 3.63) is 84.6 Å². The average Bonchev–Trinajstić information content (AvgIpc) is 2.65. The molecule has 0 aliphatic heterocycles. The fourth-order valence-electron chi connectivity index (χ4n) is 2.37. The van der Waals surface area contributed by atoms with Crippen molar-refractivity contribution in [3.63, 3.8) is 0 Å². The molecule has 0 bridgehead atoms. The van der Waals surface area contributed by atoms with Crippen LogP contribution >= 0.6 is 0 Å². The summed E-state index contributed by atoms with van der Waals surface area (Å²) >= 11 is 0. The Morgan fingerprint density at radius 3 is 2.20 bits per heavy atom. The summed E-state index contributed by atoms with van der Waals surface area (Å²) < 4.78 is 0. The molecule has 0 aliphatic carbocycles. The molecule has 0 atom stereocenters. The summed E-state index contributed by atoms with van der Waals surface area (Å²) in [4.78, 5) is 16.2. The molecule has 5 heteroatoms. The van der Waals surface area contributed by atoms with Gasteiger partial charge in [0.25, 0.3) is 0 Å². The Balaban J connectivity index is 1.46. The highest BCUT2D eigenvalue weighted by Gasteiger charge is 2.03. The third kappa shape index (κ3) is 5.35. The van der Waals surface area contributed by atoms with Gasteiger partial charge in [0, 0.05) is 12.2 Å². The first kappa shape index (κ1) is 16.5. The molecule has 0 unspecified atom stereocenters. The number of aromatic nitrogens is 1. The summed E-state index contributed by atoms with van der Waals surface area (Å²) in [6, 6.07) is 22.9. The Bertz CT molecular complexity index is 789. The molecule has 1 heterocycles. The maximum Gasteiger partial charge on any atom is 0.324 e. The van der Waals surface area contributed by atoms with Gasteiger partial charge in [-0.3, -0.25) is 5.32 Å². The number of urea groups is 1. The summed E-state index contributed by atoms with van der Waals surface area (Å²) in [6.45, 7) is 0.826. The molecule has 3 aromatic rings. The van der Waals surface area contributed by atoms with E-state index < -0.39 is 0 Å². The number of nitrogens with zero attached hydrogens (tertiary/aromatic N) is 1. The molecule has 0 fully saturated rings. The average molecular weight is 332 g/mol. The van der Waals surface area contributed by atoms with Crippen LogP contribution in [0.2, 0.25) is 0 Å². The first-order chi connectivity index (χ1) is 12.3. The summed E-state index contributed by atoms with van der Waals surface area (Å²) in [7, 11) is 0. The van der Waals surface area contributed by atoms with Crippen molar-refractivity contribution in [3.8, 4) is 0 Å². The lowest BCUT2D eigenvalue weighted by molar-refractivity contribution is 0.262. The molecule has 0 radical (unpaired) electrons. The molecule has 3 rings (SSSR count). The van der Waals surface area contributed by atoms with Crippen molar-refractivity contribution in [1.29, 1.82) is 0 Å². The van der Waals surface area contributed by atoms with E-state index in [1.807, 2.05) is 54.6 Å². The van der Waals surface area contributed by atoms with E-state index in [9.17, 15) is 4.79 Å². The van der Waals surface area contributed by atoms with Gasteiger partial charge in [-0.15, -0.1) is 0 Å². The van der Waals surface area contributed by atoms with Gasteiger partial charge in [-0.25, -0.2) is 9.78 Å². The number of anilines is 3. The molecule has 25 heavy (non-hydrogen) atoms. The fraction of sp³-hybridized carbons (Fsp3) is 0.100. The van der Waals surface area contributed by atoms with Crippen molar-refractivity contribution in [2.45, 2.75) is 6.42 Å². The first-order valence-corrected chi connectivity index (χ1v) is 8.16. The van der Waals surface area contributed by atoms with Gasteiger partial charge in [-0.2, -0.15) is 0 Å². The number of carbonyl (C=O) groups is 1. The van der Waals surface area contributed by atoms with Crippen molar-refractivity contribution in [2.75, 3.05) is 22.5 Å². The Kier molecular flexibility index (Phi) is 5.61. The van der Waals surface area contributed by atoms with E-state index in [0.29, 0.717) is 5.82 Å². The van der Waals surface area contributed by atoms with E-state index in [-0.39, 0.29) is 6.03 Å². The number of pyridine rings is 1. The normalized spacial score (nSPS) is 10.1. The summed E-state index contributed by atoms with van der Waals surface area (Å²) in [5.41, 5.74) is 2.95.